The molecule has 0 aromatic heterocycles. The molecule has 2 N–H and O–H groups in total. The Morgan fingerprint density at radius 3 is 2.50 bits per heavy atom. The second kappa shape index (κ2) is 7.70. The minimum Gasteiger partial charge on any atom is -0.466 e. The van der Waals surface area contributed by atoms with Gasteiger partial charge in [0, 0.05) is 13.2 Å². The highest BCUT2D eigenvalue weighted by Crippen LogP contribution is 2.18. The summed E-state index contributed by atoms with van der Waals surface area (Å²) in [5.41, 5.74) is -0.314. The van der Waals surface area contributed by atoms with Gasteiger partial charge in [0.25, 0.3) is 0 Å². The number of rotatable bonds is 9. The maximum absolute atomic E-state index is 11.6. The number of aliphatic hydroxyl groups is 1. The van der Waals surface area contributed by atoms with Crippen LogP contribution in [0.2, 0.25) is 0 Å². The van der Waals surface area contributed by atoms with Gasteiger partial charge in [-0.25, -0.2) is 13.1 Å². The van der Waals surface area contributed by atoms with E-state index < -0.39 is 16.0 Å². The van der Waals surface area contributed by atoms with Gasteiger partial charge in [0.1, 0.15) is 0 Å². The van der Waals surface area contributed by atoms with E-state index in [1.54, 1.807) is 6.92 Å². The van der Waals surface area contributed by atoms with Crippen LogP contribution in [-0.4, -0.2) is 45.0 Å². The number of ether oxygens (including phenoxy) is 1. The number of esters is 1. The van der Waals surface area contributed by atoms with Crippen molar-refractivity contribution < 1.29 is 23.1 Å². The molecule has 0 rings (SSSR count). The van der Waals surface area contributed by atoms with Crippen molar-refractivity contribution in [1.29, 1.82) is 0 Å². The maximum atomic E-state index is 11.6. The lowest BCUT2D eigenvalue weighted by Gasteiger charge is -2.23. The lowest BCUT2D eigenvalue weighted by molar-refractivity contribution is -0.142. The average Bonchev–Trinajstić information content (AvgIpc) is 2.25. The third-order valence-corrected chi connectivity index (χ3v) is 3.77. The van der Waals surface area contributed by atoms with Gasteiger partial charge in [-0.3, -0.25) is 4.79 Å². The minimum absolute atomic E-state index is 0.0115. The number of hydrogen-bond donors (Lipinski definition) is 2. The first-order valence-electron chi connectivity index (χ1n) is 5.96. The normalized spacial score (nSPS) is 12.4. The summed E-state index contributed by atoms with van der Waals surface area (Å²) in [6.07, 6.45) is 0.358. The smallest absolute Gasteiger partial charge is 0.306 e. The van der Waals surface area contributed by atoms with Gasteiger partial charge in [0.15, 0.2) is 0 Å². The summed E-state index contributed by atoms with van der Waals surface area (Å²) in [5.74, 6) is -0.793. The van der Waals surface area contributed by atoms with Crippen LogP contribution in [0.5, 0.6) is 0 Å². The molecule has 0 saturated heterocycles. The van der Waals surface area contributed by atoms with E-state index in [-0.39, 0.29) is 37.3 Å². The van der Waals surface area contributed by atoms with Gasteiger partial charge in [-0.15, -0.1) is 0 Å². The van der Waals surface area contributed by atoms with Crippen molar-refractivity contribution in [2.45, 2.75) is 33.6 Å². The highest BCUT2D eigenvalue weighted by Gasteiger charge is 2.21. The van der Waals surface area contributed by atoms with Crippen molar-refractivity contribution >= 4 is 16.0 Å². The molecule has 0 aliphatic carbocycles. The van der Waals surface area contributed by atoms with E-state index in [1.807, 2.05) is 13.8 Å². The Labute approximate surface area is 109 Å². The number of aliphatic hydroxyl groups excluding tert-OH is 1. The standard InChI is InChI=1S/C11H23NO5S/c1-4-17-10(14)5-8-18(15,16)12-9-11(2,3)6-7-13/h12-13H,4-9H2,1-3H3. The molecule has 0 atom stereocenters. The molecule has 0 bridgehead atoms. The molecule has 0 heterocycles. The predicted octanol–water partition coefficient (Wildman–Crippen LogP) is 0.268. The number of sulfonamides is 1. The predicted molar refractivity (Wildman–Crippen MR) is 68.5 cm³/mol. The molecule has 0 unspecified atom stereocenters. The summed E-state index contributed by atoms with van der Waals surface area (Å²) in [6, 6.07) is 0. The van der Waals surface area contributed by atoms with Gasteiger partial charge in [-0.05, 0) is 18.8 Å². The Kier molecular flexibility index (Phi) is 7.42. The van der Waals surface area contributed by atoms with E-state index in [9.17, 15) is 13.2 Å². The molecule has 0 aromatic rings. The fourth-order valence-electron chi connectivity index (χ4n) is 1.22. The van der Waals surface area contributed by atoms with Crippen LogP contribution < -0.4 is 4.72 Å². The topological polar surface area (TPSA) is 92.7 Å². The minimum atomic E-state index is -3.48. The Hall–Kier alpha value is -0.660. The first kappa shape index (κ1) is 17.3. The fraction of sp³-hybridized carbons (Fsp3) is 0.909. The van der Waals surface area contributed by atoms with Gasteiger partial charge in [0.2, 0.25) is 10.0 Å². The number of carbonyl (C=O) groups is 1. The largest absolute Gasteiger partial charge is 0.466 e. The van der Waals surface area contributed by atoms with E-state index in [2.05, 4.69) is 9.46 Å². The first-order valence-corrected chi connectivity index (χ1v) is 7.61. The summed E-state index contributed by atoms with van der Waals surface area (Å²) >= 11 is 0. The van der Waals surface area contributed by atoms with E-state index >= 15 is 0 Å². The molecule has 0 saturated carbocycles. The molecule has 0 spiro atoms. The zero-order chi connectivity index (χ0) is 14.2. The Morgan fingerprint density at radius 2 is 2.00 bits per heavy atom. The third kappa shape index (κ3) is 8.43. The molecule has 0 aliphatic rings. The quantitative estimate of drug-likeness (QED) is 0.592. The molecule has 18 heavy (non-hydrogen) atoms. The second-order valence-electron chi connectivity index (χ2n) is 4.83. The van der Waals surface area contributed by atoms with E-state index in [1.165, 1.54) is 0 Å². The van der Waals surface area contributed by atoms with E-state index in [4.69, 9.17) is 5.11 Å². The summed E-state index contributed by atoms with van der Waals surface area (Å²) < 4.78 is 30.3. The van der Waals surface area contributed by atoms with Crippen molar-refractivity contribution in [2.75, 3.05) is 25.5 Å². The Balaban J connectivity index is 4.12. The van der Waals surface area contributed by atoms with Crippen molar-refractivity contribution in [2.24, 2.45) is 5.41 Å². The molecule has 0 aliphatic heterocycles. The van der Waals surface area contributed by atoms with Crippen LogP contribution in [0, 0.1) is 5.41 Å². The Bertz CT molecular complexity index is 350. The van der Waals surface area contributed by atoms with Gasteiger partial charge >= 0.3 is 5.97 Å². The summed E-state index contributed by atoms with van der Waals surface area (Å²) in [5, 5.41) is 8.83. The van der Waals surface area contributed by atoms with Crippen molar-refractivity contribution in [1.82, 2.24) is 4.72 Å². The zero-order valence-corrected chi connectivity index (χ0v) is 12.0. The number of hydrogen-bond acceptors (Lipinski definition) is 5. The molecular weight excluding hydrogens is 258 g/mol. The van der Waals surface area contributed by atoms with Crippen LogP contribution in [0.25, 0.3) is 0 Å². The van der Waals surface area contributed by atoms with E-state index in [0.29, 0.717) is 6.42 Å². The van der Waals surface area contributed by atoms with Gasteiger partial charge in [0.05, 0.1) is 18.8 Å². The molecule has 0 fully saturated rings. The highest BCUT2D eigenvalue weighted by atomic mass is 32.2. The van der Waals surface area contributed by atoms with Crippen molar-refractivity contribution in [3.8, 4) is 0 Å². The Morgan fingerprint density at radius 1 is 1.39 bits per heavy atom. The zero-order valence-electron chi connectivity index (χ0n) is 11.2. The van der Waals surface area contributed by atoms with Crippen LogP contribution in [0.15, 0.2) is 0 Å². The molecular formula is C11H23NO5S. The van der Waals surface area contributed by atoms with Gasteiger partial charge < -0.3 is 9.84 Å². The van der Waals surface area contributed by atoms with Crippen LogP contribution in [0.3, 0.4) is 0 Å². The van der Waals surface area contributed by atoms with Crippen LogP contribution >= 0.6 is 0 Å². The maximum Gasteiger partial charge on any atom is 0.306 e. The summed E-state index contributed by atoms with van der Waals surface area (Å²) in [6.45, 7) is 5.88. The van der Waals surface area contributed by atoms with Gasteiger partial charge in [-0.1, -0.05) is 13.8 Å². The van der Waals surface area contributed by atoms with Crippen LogP contribution in [-0.2, 0) is 19.6 Å². The van der Waals surface area contributed by atoms with Crippen molar-refractivity contribution in [3.05, 3.63) is 0 Å². The lowest BCUT2D eigenvalue weighted by atomic mass is 9.90. The van der Waals surface area contributed by atoms with Crippen molar-refractivity contribution in [3.63, 3.8) is 0 Å². The van der Waals surface area contributed by atoms with Crippen LogP contribution in [0.1, 0.15) is 33.6 Å². The summed E-state index contributed by atoms with van der Waals surface area (Å²) in [4.78, 5) is 11.0. The molecule has 0 amide bonds. The number of carbonyl (C=O) groups excluding carboxylic acids is 1. The van der Waals surface area contributed by atoms with E-state index in [0.717, 1.165) is 0 Å². The first-order chi connectivity index (χ1) is 8.22. The lowest BCUT2D eigenvalue weighted by Crippen LogP contribution is -2.36. The molecule has 108 valence electrons. The monoisotopic (exact) mass is 281 g/mol. The summed E-state index contributed by atoms with van der Waals surface area (Å²) in [7, 11) is -3.48. The van der Waals surface area contributed by atoms with Gasteiger partial charge in [-0.2, -0.15) is 0 Å². The fourth-order valence-corrected chi connectivity index (χ4v) is 2.41. The highest BCUT2D eigenvalue weighted by molar-refractivity contribution is 7.89. The van der Waals surface area contributed by atoms with Crippen LogP contribution in [0.4, 0.5) is 0 Å². The molecule has 0 aromatic carbocycles. The molecule has 7 heteroatoms. The average molecular weight is 281 g/mol. The SMILES string of the molecule is CCOC(=O)CCS(=O)(=O)NCC(C)(C)CCO. The number of nitrogens with one attached hydrogen (secondary N) is 1. The molecule has 6 nitrogen and oxygen atoms in total. The second-order valence-corrected chi connectivity index (χ2v) is 6.76. The third-order valence-electron chi connectivity index (χ3n) is 2.44. The molecule has 0 radical (unpaired) electrons.